The zero-order valence-corrected chi connectivity index (χ0v) is 20.0. The van der Waals surface area contributed by atoms with Gasteiger partial charge in [-0.25, -0.2) is 9.18 Å². The summed E-state index contributed by atoms with van der Waals surface area (Å²) in [5, 5.41) is 3.22. The molecule has 0 saturated heterocycles. The molecule has 3 aliphatic rings. The number of carbonyl (C=O) groups is 3. The summed E-state index contributed by atoms with van der Waals surface area (Å²) in [6.07, 6.45) is 6.04. The van der Waals surface area contributed by atoms with Crippen molar-refractivity contribution in [3.05, 3.63) is 58.2 Å². The molecule has 1 aliphatic heterocycles. The van der Waals surface area contributed by atoms with E-state index in [0.29, 0.717) is 17.8 Å². The molecule has 4 rings (SSSR count). The quantitative estimate of drug-likeness (QED) is 0.391. The van der Waals surface area contributed by atoms with Crippen LogP contribution in [0.2, 0.25) is 0 Å². The number of dihydropyridines is 1. The summed E-state index contributed by atoms with van der Waals surface area (Å²) >= 11 is 0. The fraction of sp³-hybridized carbons (Fsp3) is 0.519. The summed E-state index contributed by atoms with van der Waals surface area (Å²) in [6.45, 7) is 3.57. The van der Waals surface area contributed by atoms with Crippen molar-refractivity contribution in [3.63, 3.8) is 0 Å². The number of benzene rings is 1. The summed E-state index contributed by atoms with van der Waals surface area (Å²) in [4.78, 5) is 39.7. The lowest BCUT2D eigenvalue weighted by Gasteiger charge is -2.38. The van der Waals surface area contributed by atoms with E-state index >= 15 is 4.39 Å². The Kier molecular flexibility index (Phi) is 7.19. The van der Waals surface area contributed by atoms with E-state index in [-0.39, 0.29) is 28.7 Å². The van der Waals surface area contributed by atoms with Gasteiger partial charge in [-0.05, 0) is 51.0 Å². The van der Waals surface area contributed by atoms with Crippen LogP contribution in [-0.4, -0.2) is 30.9 Å². The molecule has 3 atom stereocenters. The number of allylic oxidation sites excluding steroid dienone is 3. The molecule has 1 heterocycles. The molecule has 0 spiro atoms. The number of halogens is 1. The maximum Gasteiger partial charge on any atom is 0.337 e. The van der Waals surface area contributed by atoms with Crippen molar-refractivity contribution in [3.8, 4) is 0 Å². The number of hydrogen-bond acceptors (Lipinski definition) is 6. The Hall–Kier alpha value is -2.96. The number of nitrogens with one attached hydrogen (secondary N) is 1. The first-order chi connectivity index (χ1) is 16.3. The van der Waals surface area contributed by atoms with Gasteiger partial charge in [-0.3, -0.25) is 9.59 Å². The normalized spacial score (nSPS) is 25.9. The van der Waals surface area contributed by atoms with Gasteiger partial charge in [0.15, 0.2) is 5.78 Å². The average Bonchev–Trinajstić information content (AvgIpc) is 3.06. The molecule has 0 bridgehead atoms. The van der Waals surface area contributed by atoms with E-state index in [9.17, 15) is 14.4 Å². The van der Waals surface area contributed by atoms with E-state index in [1.165, 1.54) is 13.2 Å². The Morgan fingerprint density at radius 1 is 1.09 bits per heavy atom. The third-order valence-corrected chi connectivity index (χ3v) is 7.26. The summed E-state index contributed by atoms with van der Waals surface area (Å²) in [6, 6.07) is 6.14. The molecule has 34 heavy (non-hydrogen) atoms. The second kappa shape index (κ2) is 10.1. The maximum atomic E-state index is 15.1. The SMILES string of the molecule is COC(=O)[C@H]1C(=O)C2=C(C[C@H]1C)NC(C)=C(C(=O)OC1CCCCCC1)[C@@H]2c1ccccc1F. The molecule has 0 aromatic heterocycles. The molecule has 6 nitrogen and oxygen atoms in total. The fourth-order valence-corrected chi connectivity index (χ4v) is 5.55. The Morgan fingerprint density at radius 2 is 1.76 bits per heavy atom. The van der Waals surface area contributed by atoms with Crippen molar-refractivity contribution in [2.75, 3.05) is 7.11 Å². The van der Waals surface area contributed by atoms with Crippen LogP contribution in [0.4, 0.5) is 4.39 Å². The lowest BCUT2D eigenvalue weighted by molar-refractivity contribution is -0.151. The van der Waals surface area contributed by atoms with Crippen molar-refractivity contribution < 1.29 is 28.2 Å². The molecule has 1 N–H and O–H groups in total. The molecule has 1 saturated carbocycles. The molecule has 0 unspecified atom stereocenters. The van der Waals surface area contributed by atoms with Crippen molar-refractivity contribution in [2.24, 2.45) is 11.8 Å². The number of hydrogen-bond donors (Lipinski definition) is 1. The molecule has 0 radical (unpaired) electrons. The topological polar surface area (TPSA) is 81.7 Å². The summed E-state index contributed by atoms with van der Waals surface area (Å²) < 4.78 is 25.9. The van der Waals surface area contributed by atoms with Crippen LogP contribution in [0.25, 0.3) is 0 Å². The summed E-state index contributed by atoms with van der Waals surface area (Å²) in [5.41, 5.74) is 1.85. The molecule has 1 aromatic carbocycles. The van der Waals surface area contributed by atoms with Gasteiger partial charge < -0.3 is 14.8 Å². The predicted octanol–water partition coefficient (Wildman–Crippen LogP) is 4.70. The van der Waals surface area contributed by atoms with Crippen LogP contribution in [0.3, 0.4) is 0 Å². The van der Waals surface area contributed by atoms with Gasteiger partial charge in [0.25, 0.3) is 0 Å². The highest BCUT2D eigenvalue weighted by atomic mass is 19.1. The number of methoxy groups -OCH3 is 1. The highest BCUT2D eigenvalue weighted by Gasteiger charge is 2.48. The fourth-order valence-electron chi connectivity index (χ4n) is 5.55. The molecule has 0 amide bonds. The van der Waals surface area contributed by atoms with Crippen molar-refractivity contribution in [2.45, 2.75) is 70.8 Å². The van der Waals surface area contributed by atoms with E-state index in [4.69, 9.17) is 9.47 Å². The Labute approximate surface area is 199 Å². The van der Waals surface area contributed by atoms with E-state index < -0.39 is 35.4 Å². The smallest absolute Gasteiger partial charge is 0.337 e. The number of rotatable bonds is 4. The van der Waals surface area contributed by atoms with Crippen molar-refractivity contribution in [1.29, 1.82) is 0 Å². The van der Waals surface area contributed by atoms with Crippen LogP contribution >= 0.6 is 0 Å². The highest BCUT2D eigenvalue weighted by Crippen LogP contribution is 2.46. The van der Waals surface area contributed by atoms with Crippen molar-refractivity contribution >= 4 is 17.7 Å². The lowest BCUT2D eigenvalue weighted by Crippen LogP contribution is -2.43. The van der Waals surface area contributed by atoms with Crippen LogP contribution < -0.4 is 5.32 Å². The maximum absolute atomic E-state index is 15.1. The molecule has 7 heteroatoms. The number of Topliss-reactive ketones (excluding diaryl/α,β-unsaturated/α-hetero) is 1. The van der Waals surface area contributed by atoms with Crippen LogP contribution in [0.5, 0.6) is 0 Å². The van der Waals surface area contributed by atoms with Crippen LogP contribution in [0.1, 0.15) is 70.3 Å². The minimum Gasteiger partial charge on any atom is -0.468 e. The van der Waals surface area contributed by atoms with E-state index in [1.807, 2.05) is 6.92 Å². The van der Waals surface area contributed by atoms with Gasteiger partial charge in [0, 0.05) is 22.5 Å². The third-order valence-electron chi connectivity index (χ3n) is 7.26. The van der Waals surface area contributed by atoms with Gasteiger partial charge in [-0.15, -0.1) is 0 Å². The Balaban J connectivity index is 1.78. The van der Waals surface area contributed by atoms with Gasteiger partial charge in [-0.1, -0.05) is 38.0 Å². The summed E-state index contributed by atoms with van der Waals surface area (Å²) in [7, 11) is 1.25. The highest BCUT2D eigenvalue weighted by molar-refractivity contribution is 6.12. The minimum absolute atomic E-state index is 0.197. The average molecular weight is 470 g/mol. The van der Waals surface area contributed by atoms with Gasteiger partial charge in [0.2, 0.25) is 0 Å². The summed E-state index contributed by atoms with van der Waals surface area (Å²) in [5.74, 6) is -4.37. The zero-order valence-electron chi connectivity index (χ0n) is 20.0. The van der Waals surface area contributed by atoms with E-state index in [2.05, 4.69) is 5.32 Å². The van der Waals surface area contributed by atoms with Crippen LogP contribution in [0.15, 0.2) is 46.8 Å². The van der Waals surface area contributed by atoms with Gasteiger partial charge in [-0.2, -0.15) is 0 Å². The zero-order chi connectivity index (χ0) is 24.4. The second-order valence-corrected chi connectivity index (χ2v) is 9.58. The van der Waals surface area contributed by atoms with Crippen LogP contribution in [0, 0.1) is 17.7 Å². The third kappa shape index (κ3) is 4.52. The number of ether oxygens (including phenoxy) is 2. The molecular formula is C27H32FNO5. The number of esters is 2. The Bertz CT molecular complexity index is 1050. The van der Waals surface area contributed by atoms with Gasteiger partial charge >= 0.3 is 11.9 Å². The Morgan fingerprint density at radius 3 is 2.41 bits per heavy atom. The first-order valence-electron chi connectivity index (χ1n) is 12.1. The molecule has 1 aromatic rings. The second-order valence-electron chi connectivity index (χ2n) is 9.58. The minimum atomic E-state index is -1.00. The van der Waals surface area contributed by atoms with Crippen LogP contribution in [-0.2, 0) is 23.9 Å². The first kappa shape index (κ1) is 24.2. The molecule has 2 aliphatic carbocycles. The largest absolute Gasteiger partial charge is 0.468 e. The number of carbonyl (C=O) groups excluding carboxylic acids is 3. The van der Waals surface area contributed by atoms with Crippen molar-refractivity contribution in [1.82, 2.24) is 5.32 Å². The molecular weight excluding hydrogens is 437 g/mol. The van der Waals surface area contributed by atoms with E-state index in [0.717, 1.165) is 38.5 Å². The van der Waals surface area contributed by atoms with Gasteiger partial charge in [0.1, 0.15) is 17.8 Å². The predicted molar refractivity (Wildman–Crippen MR) is 124 cm³/mol. The van der Waals surface area contributed by atoms with E-state index in [1.54, 1.807) is 25.1 Å². The lowest BCUT2D eigenvalue weighted by atomic mass is 9.69. The monoisotopic (exact) mass is 469 g/mol. The standard InChI is InChI=1S/C27H32FNO5/c1-15-14-20-24(25(30)21(15)26(31)33-3)23(18-12-8-9-13-19(18)28)22(16(2)29-20)27(32)34-17-10-6-4-5-7-11-17/h8-9,12-13,15,17,21,23,29H,4-7,10-11,14H2,1-3H3/t15-,21-,23+/m1/s1. The number of ketones is 1. The first-order valence-corrected chi connectivity index (χ1v) is 12.1. The molecule has 182 valence electrons. The molecule has 1 fully saturated rings. The van der Waals surface area contributed by atoms with Gasteiger partial charge in [0.05, 0.1) is 18.6 Å².